The third-order valence-corrected chi connectivity index (χ3v) is 4.61. The number of aliphatic hydroxyl groups is 1. The number of piperidine rings is 2. The summed E-state index contributed by atoms with van der Waals surface area (Å²) < 4.78 is 0. The molecule has 0 amide bonds. The maximum absolute atomic E-state index is 9.72. The maximum atomic E-state index is 9.72. The third kappa shape index (κ3) is 3.43. The van der Waals surface area contributed by atoms with Crippen LogP contribution in [0.2, 0.25) is 0 Å². The predicted octanol–water partition coefficient (Wildman–Crippen LogP) is 1.61. The van der Waals surface area contributed by atoms with Gasteiger partial charge < -0.3 is 15.3 Å². The number of nitrogens with one attached hydrogen (secondary N) is 1. The standard InChI is InChI=1S/C14H28N2O/c1-2-16-9-5-6-13(11-16)10-14(12-17)7-3-4-8-15-14/h13,15,17H,2-12H2,1H3. The molecule has 2 unspecified atom stereocenters. The Hall–Kier alpha value is -0.120. The Balaban J connectivity index is 1.88. The van der Waals surface area contributed by atoms with Crippen LogP contribution in [0.5, 0.6) is 0 Å². The first-order chi connectivity index (χ1) is 8.28. The van der Waals surface area contributed by atoms with Crippen LogP contribution in [0.25, 0.3) is 0 Å². The van der Waals surface area contributed by atoms with Crippen molar-refractivity contribution in [2.45, 2.75) is 51.0 Å². The molecule has 2 heterocycles. The molecule has 3 nitrogen and oxygen atoms in total. The first kappa shape index (κ1) is 13.3. The van der Waals surface area contributed by atoms with Crippen molar-refractivity contribution in [1.29, 1.82) is 0 Å². The van der Waals surface area contributed by atoms with Crippen LogP contribution in [0, 0.1) is 5.92 Å². The minimum absolute atomic E-state index is 0.0413. The Morgan fingerprint density at radius 3 is 2.88 bits per heavy atom. The number of likely N-dealkylation sites (tertiary alicyclic amines) is 1. The van der Waals surface area contributed by atoms with Crippen LogP contribution in [0.1, 0.15) is 45.4 Å². The van der Waals surface area contributed by atoms with Gasteiger partial charge in [0.1, 0.15) is 0 Å². The summed E-state index contributed by atoms with van der Waals surface area (Å²) >= 11 is 0. The van der Waals surface area contributed by atoms with Gasteiger partial charge in [0.05, 0.1) is 6.61 Å². The van der Waals surface area contributed by atoms with Gasteiger partial charge in [-0.1, -0.05) is 13.3 Å². The van der Waals surface area contributed by atoms with Gasteiger partial charge in [-0.05, 0) is 57.7 Å². The minimum atomic E-state index is 0.0413. The SMILES string of the molecule is CCN1CCCC(CC2(CO)CCCCN2)C1. The summed E-state index contributed by atoms with van der Waals surface area (Å²) in [5.41, 5.74) is 0.0413. The second-order valence-electron chi connectivity index (χ2n) is 5.93. The topological polar surface area (TPSA) is 35.5 Å². The third-order valence-electron chi connectivity index (χ3n) is 4.61. The summed E-state index contributed by atoms with van der Waals surface area (Å²) in [6.45, 7) is 7.34. The van der Waals surface area contributed by atoms with Crippen molar-refractivity contribution >= 4 is 0 Å². The van der Waals surface area contributed by atoms with E-state index in [0.29, 0.717) is 6.61 Å². The largest absolute Gasteiger partial charge is 0.394 e. The van der Waals surface area contributed by atoms with Crippen molar-refractivity contribution in [3.8, 4) is 0 Å². The first-order valence-electron chi connectivity index (χ1n) is 7.36. The van der Waals surface area contributed by atoms with E-state index in [1.54, 1.807) is 0 Å². The lowest BCUT2D eigenvalue weighted by Gasteiger charge is -2.42. The normalized spacial score (nSPS) is 36.0. The fraction of sp³-hybridized carbons (Fsp3) is 1.00. The highest BCUT2D eigenvalue weighted by Crippen LogP contribution is 2.30. The molecule has 100 valence electrons. The van der Waals surface area contributed by atoms with Gasteiger partial charge in [-0.2, -0.15) is 0 Å². The average Bonchev–Trinajstić information content (AvgIpc) is 2.40. The van der Waals surface area contributed by atoms with Gasteiger partial charge in [-0.25, -0.2) is 0 Å². The quantitative estimate of drug-likeness (QED) is 0.784. The molecule has 2 rings (SSSR count). The summed E-state index contributed by atoms with van der Waals surface area (Å²) in [5, 5.41) is 13.3. The highest BCUT2D eigenvalue weighted by Gasteiger charge is 2.34. The Morgan fingerprint density at radius 1 is 1.35 bits per heavy atom. The second-order valence-corrected chi connectivity index (χ2v) is 5.93. The summed E-state index contributed by atoms with van der Waals surface area (Å²) in [5.74, 6) is 0.779. The van der Waals surface area contributed by atoms with E-state index in [4.69, 9.17) is 0 Å². The molecule has 0 spiro atoms. The lowest BCUT2D eigenvalue weighted by atomic mass is 9.79. The van der Waals surface area contributed by atoms with E-state index in [1.807, 2.05) is 0 Å². The van der Waals surface area contributed by atoms with Gasteiger partial charge in [0.15, 0.2) is 0 Å². The molecule has 2 atom stereocenters. The Morgan fingerprint density at radius 2 is 2.24 bits per heavy atom. The van der Waals surface area contributed by atoms with Crippen LogP contribution in [0.4, 0.5) is 0 Å². The zero-order valence-corrected chi connectivity index (χ0v) is 11.2. The Labute approximate surface area is 106 Å². The van der Waals surface area contributed by atoms with Crippen molar-refractivity contribution in [3.63, 3.8) is 0 Å². The van der Waals surface area contributed by atoms with Crippen LogP contribution >= 0.6 is 0 Å². The summed E-state index contributed by atoms with van der Waals surface area (Å²) in [4.78, 5) is 2.56. The number of hydrogen-bond acceptors (Lipinski definition) is 3. The van der Waals surface area contributed by atoms with Gasteiger partial charge in [0, 0.05) is 12.1 Å². The molecule has 2 aliphatic heterocycles. The summed E-state index contributed by atoms with van der Waals surface area (Å²) in [6, 6.07) is 0. The van der Waals surface area contributed by atoms with E-state index in [9.17, 15) is 5.11 Å². The number of nitrogens with zero attached hydrogens (tertiary/aromatic N) is 1. The van der Waals surface area contributed by atoms with Crippen molar-refractivity contribution in [1.82, 2.24) is 10.2 Å². The number of rotatable bonds is 4. The lowest BCUT2D eigenvalue weighted by Crippen LogP contribution is -2.53. The summed E-state index contributed by atoms with van der Waals surface area (Å²) in [7, 11) is 0. The van der Waals surface area contributed by atoms with Crippen molar-refractivity contribution in [2.24, 2.45) is 5.92 Å². The van der Waals surface area contributed by atoms with Gasteiger partial charge in [-0.3, -0.25) is 0 Å². The van der Waals surface area contributed by atoms with Crippen LogP contribution in [0.15, 0.2) is 0 Å². The van der Waals surface area contributed by atoms with Crippen molar-refractivity contribution < 1.29 is 5.11 Å². The monoisotopic (exact) mass is 240 g/mol. The van der Waals surface area contributed by atoms with Crippen LogP contribution in [0.3, 0.4) is 0 Å². The molecule has 0 radical (unpaired) electrons. The molecule has 0 bridgehead atoms. The van der Waals surface area contributed by atoms with Crippen LogP contribution in [-0.2, 0) is 0 Å². The van der Waals surface area contributed by atoms with E-state index in [-0.39, 0.29) is 5.54 Å². The Bertz CT molecular complexity index is 226. The molecule has 17 heavy (non-hydrogen) atoms. The number of hydrogen-bond donors (Lipinski definition) is 2. The summed E-state index contributed by atoms with van der Waals surface area (Å²) in [6.07, 6.45) is 7.55. The molecular weight excluding hydrogens is 212 g/mol. The molecule has 0 aliphatic carbocycles. The van der Waals surface area contributed by atoms with E-state index in [1.165, 1.54) is 51.7 Å². The molecule has 3 heteroatoms. The maximum Gasteiger partial charge on any atom is 0.0613 e. The fourth-order valence-corrected chi connectivity index (χ4v) is 3.56. The fourth-order valence-electron chi connectivity index (χ4n) is 3.56. The second kappa shape index (κ2) is 6.17. The molecule has 0 aromatic carbocycles. The molecule has 2 saturated heterocycles. The molecule has 2 fully saturated rings. The molecule has 0 aromatic rings. The minimum Gasteiger partial charge on any atom is -0.394 e. The zero-order valence-electron chi connectivity index (χ0n) is 11.2. The van der Waals surface area contributed by atoms with Crippen LogP contribution < -0.4 is 5.32 Å². The molecular formula is C14H28N2O. The van der Waals surface area contributed by atoms with Crippen LogP contribution in [-0.4, -0.2) is 48.3 Å². The smallest absolute Gasteiger partial charge is 0.0613 e. The first-order valence-corrected chi connectivity index (χ1v) is 7.36. The van der Waals surface area contributed by atoms with E-state index in [0.717, 1.165) is 18.9 Å². The highest BCUT2D eigenvalue weighted by molar-refractivity contribution is 4.93. The van der Waals surface area contributed by atoms with Gasteiger partial charge in [0.2, 0.25) is 0 Å². The van der Waals surface area contributed by atoms with Crippen molar-refractivity contribution in [2.75, 3.05) is 32.8 Å². The van der Waals surface area contributed by atoms with Gasteiger partial charge >= 0.3 is 0 Å². The van der Waals surface area contributed by atoms with E-state index < -0.39 is 0 Å². The zero-order chi connectivity index (χ0) is 12.1. The lowest BCUT2D eigenvalue weighted by molar-refractivity contribution is 0.0809. The molecule has 0 saturated carbocycles. The molecule has 2 aliphatic rings. The Kier molecular flexibility index (Phi) is 4.83. The highest BCUT2D eigenvalue weighted by atomic mass is 16.3. The molecule has 2 N–H and O–H groups in total. The van der Waals surface area contributed by atoms with E-state index in [2.05, 4.69) is 17.1 Å². The van der Waals surface area contributed by atoms with Gasteiger partial charge in [-0.15, -0.1) is 0 Å². The van der Waals surface area contributed by atoms with Crippen molar-refractivity contribution in [3.05, 3.63) is 0 Å². The molecule has 0 aromatic heterocycles. The van der Waals surface area contributed by atoms with Gasteiger partial charge in [0.25, 0.3) is 0 Å². The predicted molar refractivity (Wildman–Crippen MR) is 71.1 cm³/mol. The average molecular weight is 240 g/mol. The van der Waals surface area contributed by atoms with E-state index >= 15 is 0 Å². The number of aliphatic hydroxyl groups excluding tert-OH is 1.